The summed E-state index contributed by atoms with van der Waals surface area (Å²) in [7, 11) is 2.80. The summed E-state index contributed by atoms with van der Waals surface area (Å²) in [5, 5.41) is 0. The molecular weight excluding hydrogens is 247 g/mol. The van der Waals surface area contributed by atoms with Gasteiger partial charge < -0.3 is 9.47 Å². The maximum absolute atomic E-state index is 13.8. The summed E-state index contributed by atoms with van der Waals surface area (Å²) >= 11 is 0. The van der Waals surface area contributed by atoms with E-state index in [1.54, 1.807) is 43.5 Å². The molecule has 2 aromatic carbocycles. The SMILES string of the molecule is COC(=O)c1c(F)cccc1-c1ccc(OC)cc1. The molecule has 0 aliphatic rings. The maximum atomic E-state index is 13.8. The highest BCUT2D eigenvalue weighted by molar-refractivity contribution is 5.97. The molecule has 2 rings (SSSR count). The highest BCUT2D eigenvalue weighted by Crippen LogP contribution is 2.27. The van der Waals surface area contributed by atoms with E-state index in [4.69, 9.17) is 4.74 Å². The van der Waals surface area contributed by atoms with Crippen LogP contribution in [0.25, 0.3) is 11.1 Å². The van der Waals surface area contributed by atoms with Crippen LogP contribution in [-0.4, -0.2) is 20.2 Å². The summed E-state index contributed by atoms with van der Waals surface area (Å²) < 4.78 is 23.5. The number of carbonyl (C=O) groups excluding carboxylic acids is 1. The molecule has 19 heavy (non-hydrogen) atoms. The molecule has 0 heterocycles. The van der Waals surface area contributed by atoms with Gasteiger partial charge >= 0.3 is 5.97 Å². The van der Waals surface area contributed by atoms with E-state index in [0.29, 0.717) is 11.3 Å². The first kappa shape index (κ1) is 13.1. The lowest BCUT2D eigenvalue weighted by atomic mass is 9.99. The highest BCUT2D eigenvalue weighted by Gasteiger charge is 2.18. The lowest BCUT2D eigenvalue weighted by Crippen LogP contribution is -2.06. The molecule has 2 aromatic rings. The fourth-order valence-corrected chi connectivity index (χ4v) is 1.84. The van der Waals surface area contributed by atoms with Gasteiger partial charge in [0, 0.05) is 0 Å². The molecule has 3 nitrogen and oxygen atoms in total. The summed E-state index contributed by atoms with van der Waals surface area (Å²) in [6.45, 7) is 0. The quantitative estimate of drug-likeness (QED) is 0.794. The first-order chi connectivity index (χ1) is 9.17. The number of methoxy groups -OCH3 is 2. The van der Waals surface area contributed by atoms with Crippen LogP contribution in [0.1, 0.15) is 10.4 Å². The van der Waals surface area contributed by atoms with Crippen molar-refractivity contribution in [3.63, 3.8) is 0 Å². The third kappa shape index (κ3) is 2.57. The number of benzene rings is 2. The van der Waals surface area contributed by atoms with Crippen molar-refractivity contribution in [1.82, 2.24) is 0 Å². The largest absolute Gasteiger partial charge is 0.497 e. The predicted molar refractivity (Wildman–Crippen MR) is 69.7 cm³/mol. The molecular formula is C15H13FO3. The van der Waals surface area contributed by atoms with Crippen LogP contribution >= 0.6 is 0 Å². The summed E-state index contributed by atoms with van der Waals surface area (Å²) in [5.74, 6) is -0.594. The molecule has 0 saturated heterocycles. The fraction of sp³-hybridized carbons (Fsp3) is 0.133. The van der Waals surface area contributed by atoms with E-state index in [1.165, 1.54) is 13.2 Å². The molecule has 0 radical (unpaired) electrons. The fourth-order valence-electron chi connectivity index (χ4n) is 1.84. The van der Waals surface area contributed by atoms with Crippen LogP contribution in [0.2, 0.25) is 0 Å². The van der Waals surface area contributed by atoms with Crippen molar-refractivity contribution in [2.45, 2.75) is 0 Å². The summed E-state index contributed by atoms with van der Waals surface area (Å²) in [5.41, 5.74) is 1.16. The van der Waals surface area contributed by atoms with Crippen molar-refractivity contribution in [3.8, 4) is 16.9 Å². The normalized spacial score (nSPS) is 10.1. The highest BCUT2D eigenvalue weighted by atomic mass is 19.1. The zero-order valence-corrected chi connectivity index (χ0v) is 10.6. The van der Waals surface area contributed by atoms with Crippen molar-refractivity contribution in [3.05, 3.63) is 53.8 Å². The second-order valence-electron chi connectivity index (χ2n) is 3.88. The van der Waals surface area contributed by atoms with Gasteiger partial charge in [-0.15, -0.1) is 0 Å². The van der Waals surface area contributed by atoms with E-state index < -0.39 is 11.8 Å². The first-order valence-corrected chi connectivity index (χ1v) is 5.68. The van der Waals surface area contributed by atoms with Crippen LogP contribution in [0, 0.1) is 5.82 Å². The molecule has 0 aromatic heterocycles. The van der Waals surface area contributed by atoms with E-state index in [9.17, 15) is 9.18 Å². The molecule has 0 atom stereocenters. The van der Waals surface area contributed by atoms with Crippen molar-refractivity contribution in [1.29, 1.82) is 0 Å². The topological polar surface area (TPSA) is 35.5 Å². The lowest BCUT2D eigenvalue weighted by molar-refractivity contribution is 0.0596. The van der Waals surface area contributed by atoms with Crippen LogP contribution < -0.4 is 4.74 Å². The van der Waals surface area contributed by atoms with Crippen molar-refractivity contribution >= 4 is 5.97 Å². The zero-order valence-electron chi connectivity index (χ0n) is 10.6. The molecule has 0 N–H and O–H groups in total. The second-order valence-corrected chi connectivity index (χ2v) is 3.88. The minimum absolute atomic E-state index is 0.0600. The average Bonchev–Trinajstić information content (AvgIpc) is 2.46. The number of hydrogen-bond acceptors (Lipinski definition) is 3. The molecule has 0 spiro atoms. The van der Waals surface area contributed by atoms with Gasteiger partial charge in [-0.25, -0.2) is 9.18 Å². The molecule has 0 aliphatic heterocycles. The van der Waals surface area contributed by atoms with Gasteiger partial charge in [-0.2, -0.15) is 0 Å². The number of halogens is 1. The molecule has 0 bridgehead atoms. The number of esters is 1. The van der Waals surface area contributed by atoms with Gasteiger partial charge in [-0.3, -0.25) is 0 Å². The number of rotatable bonds is 3. The average molecular weight is 260 g/mol. The number of ether oxygens (including phenoxy) is 2. The van der Waals surface area contributed by atoms with Gasteiger partial charge in [0.15, 0.2) is 0 Å². The smallest absolute Gasteiger partial charge is 0.341 e. The van der Waals surface area contributed by atoms with Gasteiger partial charge in [-0.05, 0) is 29.3 Å². The number of hydrogen-bond donors (Lipinski definition) is 0. The van der Waals surface area contributed by atoms with Gasteiger partial charge in [0.05, 0.1) is 14.2 Å². The molecule has 98 valence electrons. The third-order valence-corrected chi connectivity index (χ3v) is 2.80. The van der Waals surface area contributed by atoms with E-state index in [0.717, 1.165) is 5.56 Å². The molecule has 4 heteroatoms. The molecule has 0 fully saturated rings. The molecule has 0 unspecified atom stereocenters. The number of carbonyl (C=O) groups is 1. The zero-order chi connectivity index (χ0) is 13.8. The standard InChI is InChI=1S/C15H13FO3/c1-18-11-8-6-10(7-9-11)12-4-3-5-13(16)14(12)15(17)19-2/h3-9H,1-2H3. The van der Waals surface area contributed by atoms with E-state index >= 15 is 0 Å². The van der Waals surface area contributed by atoms with Crippen LogP contribution in [0.4, 0.5) is 4.39 Å². The molecule has 0 amide bonds. The Morgan fingerprint density at radius 1 is 1.05 bits per heavy atom. The van der Waals surface area contributed by atoms with Crippen LogP contribution in [-0.2, 0) is 4.74 Å². The third-order valence-electron chi connectivity index (χ3n) is 2.80. The Morgan fingerprint density at radius 2 is 1.74 bits per heavy atom. The van der Waals surface area contributed by atoms with E-state index in [1.807, 2.05) is 0 Å². The van der Waals surface area contributed by atoms with Gasteiger partial charge in [0.1, 0.15) is 17.1 Å². The van der Waals surface area contributed by atoms with E-state index in [-0.39, 0.29) is 5.56 Å². The Labute approximate surface area is 110 Å². The Hall–Kier alpha value is -2.36. The summed E-state index contributed by atoms with van der Waals surface area (Å²) in [4.78, 5) is 11.7. The maximum Gasteiger partial charge on any atom is 0.341 e. The minimum atomic E-state index is -0.691. The van der Waals surface area contributed by atoms with Gasteiger partial charge in [-0.1, -0.05) is 24.3 Å². The monoisotopic (exact) mass is 260 g/mol. The first-order valence-electron chi connectivity index (χ1n) is 5.68. The Balaban J connectivity index is 2.54. The summed E-state index contributed by atoms with van der Waals surface area (Å²) in [6, 6.07) is 11.5. The van der Waals surface area contributed by atoms with Gasteiger partial charge in [0.25, 0.3) is 0 Å². The van der Waals surface area contributed by atoms with Gasteiger partial charge in [0.2, 0.25) is 0 Å². The summed E-state index contributed by atoms with van der Waals surface area (Å²) in [6.07, 6.45) is 0. The predicted octanol–water partition coefficient (Wildman–Crippen LogP) is 3.29. The Bertz CT molecular complexity index is 591. The van der Waals surface area contributed by atoms with Crippen LogP contribution in [0.5, 0.6) is 5.75 Å². The van der Waals surface area contributed by atoms with Crippen LogP contribution in [0.15, 0.2) is 42.5 Å². The molecule has 0 saturated carbocycles. The lowest BCUT2D eigenvalue weighted by Gasteiger charge is -2.09. The van der Waals surface area contributed by atoms with Crippen LogP contribution in [0.3, 0.4) is 0 Å². The Kier molecular flexibility index (Phi) is 3.80. The Morgan fingerprint density at radius 3 is 2.32 bits per heavy atom. The van der Waals surface area contributed by atoms with E-state index in [2.05, 4.69) is 4.74 Å². The van der Waals surface area contributed by atoms with Crippen molar-refractivity contribution < 1.29 is 18.7 Å². The van der Waals surface area contributed by atoms with Crippen molar-refractivity contribution in [2.24, 2.45) is 0 Å². The second kappa shape index (κ2) is 5.52. The van der Waals surface area contributed by atoms with Crippen molar-refractivity contribution in [2.75, 3.05) is 14.2 Å². The molecule has 0 aliphatic carbocycles. The minimum Gasteiger partial charge on any atom is -0.497 e.